The number of nitrogens with one attached hydrogen (secondary N) is 1. The Kier molecular flexibility index (Phi) is 4.05. The number of hydrogen-bond acceptors (Lipinski definition) is 3. The zero-order valence-electron chi connectivity index (χ0n) is 11.1. The van der Waals surface area contributed by atoms with Crippen molar-refractivity contribution in [1.29, 1.82) is 0 Å². The van der Waals surface area contributed by atoms with Crippen molar-refractivity contribution < 1.29 is 9.47 Å². The molecule has 0 heterocycles. The van der Waals surface area contributed by atoms with Crippen molar-refractivity contribution in [2.24, 2.45) is 0 Å². The van der Waals surface area contributed by atoms with Crippen LogP contribution in [0.15, 0.2) is 30.3 Å². The third kappa shape index (κ3) is 2.27. The first-order valence-corrected chi connectivity index (χ1v) is 6.09. The summed E-state index contributed by atoms with van der Waals surface area (Å²) in [6.07, 6.45) is 0.951. The Bertz CT molecular complexity index is 537. The van der Waals surface area contributed by atoms with E-state index in [2.05, 4.69) is 23.5 Å². The molecule has 0 saturated carbocycles. The first-order chi connectivity index (χ1) is 8.81. The topological polar surface area (TPSA) is 30.5 Å². The molecule has 2 rings (SSSR count). The monoisotopic (exact) mass is 245 g/mol. The fourth-order valence-electron chi connectivity index (χ4n) is 2.22. The van der Waals surface area contributed by atoms with E-state index in [1.807, 2.05) is 19.2 Å². The first kappa shape index (κ1) is 12.7. The summed E-state index contributed by atoms with van der Waals surface area (Å²) >= 11 is 0. The largest absolute Gasteiger partial charge is 0.496 e. The lowest BCUT2D eigenvalue weighted by Crippen LogP contribution is -2.11. The second-order valence-electron chi connectivity index (χ2n) is 4.17. The minimum absolute atomic E-state index is 0.881. The van der Waals surface area contributed by atoms with Crippen LogP contribution in [0, 0.1) is 0 Å². The Morgan fingerprint density at radius 1 is 1.00 bits per heavy atom. The van der Waals surface area contributed by atoms with Crippen molar-refractivity contribution in [1.82, 2.24) is 5.32 Å². The Balaban J connectivity index is 2.57. The molecular formula is C15H19NO2. The van der Waals surface area contributed by atoms with Crippen LogP contribution in [0.1, 0.15) is 5.56 Å². The molecule has 0 aliphatic carbocycles. The van der Waals surface area contributed by atoms with Crippen molar-refractivity contribution in [3.63, 3.8) is 0 Å². The number of likely N-dealkylation sites (N-methyl/N-ethyl adjacent to an activating group) is 1. The maximum atomic E-state index is 5.57. The summed E-state index contributed by atoms with van der Waals surface area (Å²) in [5.74, 6) is 1.83. The standard InChI is InChI=1S/C15H19NO2/c1-16-10-9-11-7-8-12-13(15(11)18-3)5-4-6-14(12)17-2/h4-8,16H,9-10H2,1-3H3. The molecule has 0 bridgehead atoms. The molecule has 2 aromatic carbocycles. The van der Waals surface area contributed by atoms with Crippen molar-refractivity contribution in [2.75, 3.05) is 27.8 Å². The van der Waals surface area contributed by atoms with Crippen molar-refractivity contribution in [3.8, 4) is 11.5 Å². The lowest BCUT2D eigenvalue weighted by atomic mass is 10.0. The van der Waals surface area contributed by atoms with Crippen LogP contribution in [0.2, 0.25) is 0 Å². The van der Waals surface area contributed by atoms with E-state index < -0.39 is 0 Å². The lowest BCUT2D eigenvalue weighted by Gasteiger charge is -2.13. The van der Waals surface area contributed by atoms with Gasteiger partial charge in [-0.15, -0.1) is 0 Å². The van der Waals surface area contributed by atoms with Crippen molar-refractivity contribution in [2.45, 2.75) is 6.42 Å². The fourth-order valence-corrected chi connectivity index (χ4v) is 2.22. The minimum Gasteiger partial charge on any atom is -0.496 e. The average molecular weight is 245 g/mol. The van der Waals surface area contributed by atoms with Gasteiger partial charge in [-0.05, 0) is 31.6 Å². The molecule has 0 saturated heterocycles. The molecule has 0 radical (unpaired) electrons. The smallest absolute Gasteiger partial charge is 0.130 e. The molecule has 2 aromatic rings. The number of ether oxygens (including phenoxy) is 2. The normalized spacial score (nSPS) is 10.6. The van der Waals surface area contributed by atoms with Gasteiger partial charge in [-0.1, -0.05) is 24.3 Å². The highest BCUT2D eigenvalue weighted by atomic mass is 16.5. The number of rotatable bonds is 5. The van der Waals surface area contributed by atoms with Crippen LogP contribution in [0.3, 0.4) is 0 Å². The molecule has 0 aliphatic heterocycles. The summed E-state index contributed by atoms with van der Waals surface area (Å²) in [6.45, 7) is 0.936. The van der Waals surface area contributed by atoms with Crippen LogP contribution in [0.25, 0.3) is 10.8 Å². The molecule has 3 nitrogen and oxygen atoms in total. The summed E-state index contributed by atoms with van der Waals surface area (Å²) in [5, 5.41) is 5.35. The van der Waals surface area contributed by atoms with Gasteiger partial charge in [0.25, 0.3) is 0 Å². The second kappa shape index (κ2) is 5.74. The lowest BCUT2D eigenvalue weighted by molar-refractivity contribution is 0.412. The van der Waals surface area contributed by atoms with E-state index >= 15 is 0 Å². The molecule has 0 spiro atoms. The maximum absolute atomic E-state index is 5.57. The van der Waals surface area contributed by atoms with Crippen LogP contribution in [-0.2, 0) is 6.42 Å². The zero-order chi connectivity index (χ0) is 13.0. The minimum atomic E-state index is 0.881. The number of hydrogen-bond donors (Lipinski definition) is 1. The highest BCUT2D eigenvalue weighted by Gasteiger charge is 2.10. The van der Waals surface area contributed by atoms with Crippen LogP contribution >= 0.6 is 0 Å². The number of benzene rings is 2. The van der Waals surface area contributed by atoms with Crippen LogP contribution < -0.4 is 14.8 Å². The summed E-state index contributed by atoms with van der Waals surface area (Å²) in [5.41, 5.74) is 1.22. The summed E-state index contributed by atoms with van der Waals surface area (Å²) in [4.78, 5) is 0. The zero-order valence-corrected chi connectivity index (χ0v) is 11.1. The number of fused-ring (bicyclic) bond motifs is 1. The third-order valence-corrected chi connectivity index (χ3v) is 3.12. The quantitative estimate of drug-likeness (QED) is 0.878. The molecule has 0 atom stereocenters. The van der Waals surface area contributed by atoms with Gasteiger partial charge < -0.3 is 14.8 Å². The molecule has 0 aliphatic rings. The Hall–Kier alpha value is -1.74. The van der Waals surface area contributed by atoms with E-state index in [0.29, 0.717) is 0 Å². The van der Waals surface area contributed by atoms with E-state index in [1.54, 1.807) is 14.2 Å². The Labute approximate surface area is 108 Å². The van der Waals surface area contributed by atoms with E-state index in [9.17, 15) is 0 Å². The van der Waals surface area contributed by atoms with Gasteiger partial charge in [0.05, 0.1) is 14.2 Å². The predicted molar refractivity (Wildman–Crippen MR) is 74.7 cm³/mol. The summed E-state index contributed by atoms with van der Waals surface area (Å²) in [6, 6.07) is 10.2. The van der Waals surface area contributed by atoms with Gasteiger partial charge in [0, 0.05) is 10.8 Å². The summed E-state index contributed by atoms with van der Waals surface area (Å²) in [7, 11) is 5.36. The molecule has 96 valence electrons. The molecule has 1 N–H and O–H groups in total. The SMILES string of the molecule is CNCCc1ccc2c(OC)cccc2c1OC. The van der Waals surface area contributed by atoms with Gasteiger partial charge in [-0.25, -0.2) is 0 Å². The highest BCUT2D eigenvalue weighted by Crippen LogP contribution is 2.34. The molecule has 3 heteroatoms. The molecule has 18 heavy (non-hydrogen) atoms. The van der Waals surface area contributed by atoms with Crippen LogP contribution in [-0.4, -0.2) is 27.8 Å². The molecular weight excluding hydrogens is 226 g/mol. The van der Waals surface area contributed by atoms with Crippen LogP contribution in [0.5, 0.6) is 11.5 Å². The van der Waals surface area contributed by atoms with Gasteiger partial charge in [-0.2, -0.15) is 0 Å². The number of methoxy groups -OCH3 is 2. The molecule has 0 amide bonds. The molecule has 0 unspecified atom stereocenters. The second-order valence-corrected chi connectivity index (χ2v) is 4.17. The van der Waals surface area contributed by atoms with Gasteiger partial charge in [0.1, 0.15) is 11.5 Å². The van der Waals surface area contributed by atoms with Gasteiger partial charge in [0.15, 0.2) is 0 Å². The average Bonchev–Trinajstić information content (AvgIpc) is 2.43. The molecule has 0 fully saturated rings. The van der Waals surface area contributed by atoms with E-state index in [4.69, 9.17) is 9.47 Å². The molecule has 0 aromatic heterocycles. The Morgan fingerprint density at radius 3 is 2.50 bits per heavy atom. The van der Waals surface area contributed by atoms with Crippen LogP contribution in [0.4, 0.5) is 0 Å². The van der Waals surface area contributed by atoms with Gasteiger partial charge >= 0.3 is 0 Å². The van der Waals surface area contributed by atoms with E-state index in [-0.39, 0.29) is 0 Å². The van der Waals surface area contributed by atoms with Crippen molar-refractivity contribution >= 4 is 10.8 Å². The predicted octanol–water partition coefficient (Wildman–Crippen LogP) is 2.62. The van der Waals surface area contributed by atoms with Crippen molar-refractivity contribution in [3.05, 3.63) is 35.9 Å². The third-order valence-electron chi connectivity index (χ3n) is 3.12. The van der Waals surface area contributed by atoms with Gasteiger partial charge in [-0.3, -0.25) is 0 Å². The van der Waals surface area contributed by atoms with Gasteiger partial charge in [0.2, 0.25) is 0 Å². The summed E-state index contributed by atoms with van der Waals surface area (Å²) < 4.78 is 11.0. The Morgan fingerprint density at radius 2 is 1.83 bits per heavy atom. The fraction of sp³-hybridized carbons (Fsp3) is 0.333. The van der Waals surface area contributed by atoms with E-state index in [0.717, 1.165) is 35.2 Å². The highest BCUT2D eigenvalue weighted by molar-refractivity contribution is 5.94. The maximum Gasteiger partial charge on any atom is 0.130 e. The first-order valence-electron chi connectivity index (χ1n) is 6.09. The van der Waals surface area contributed by atoms with E-state index in [1.165, 1.54) is 5.56 Å².